The third-order valence-corrected chi connectivity index (χ3v) is 7.07. The Morgan fingerprint density at radius 1 is 1.10 bits per heavy atom. The fraction of sp³-hybridized carbons (Fsp3) is 0.115. The van der Waals surface area contributed by atoms with Crippen LogP contribution in [0.1, 0.15) is 11.1 Å². The summed E-state index contributed by atoms with van der Waals surface area (Å²) in [6.45, 7) is -0.526. The van der Waals surface area contributed by atoms with E-state index in [0.717, 1.165) is 15.9 Å². The Morgan fingerprint density at radius 3 is 2.55 bits per heavy atom. The van der Waals surface area contributed by atoms with Gasteiger partial charge in [-0.15, -0.1) is 11.8 Å². The fourth-order valence-corrected chi connectivity index (χ4v) is 4.84. The van der Waals surface area contributed by atoms with Gasteiger partial charge in [0.2, 0.25) is 11.7 Å². The molecule has 3 aromatic rings. The molecule has 40 heavy (non-hydrogen) atoms. The van der Waals surface area contributed by atoms with Crippen LogP contribution in [0.25, 0.3) is 6.08 Å². The lowest BCUT2D eigenvalue weighted by molar-refractivity contribution is -0.385. The second kappa shape index (κ2) is 11.8. The van der Waals surface area contributed by atoms with Gasteiger partial charge in [0.25, 0.3) is 11.1 Å². The Kier molecular flexibility index (Phi) is 8.49. The first-order valence-electron chi connectivity index (χ1n) is 11.3. The van der Waals surface area contributed by atoms with Crippen molar-refractivity contribution in [1.29, 1.82) is 0 Å². The maximum Gasteiger partial charge on any atom is 0.416 e. The number of benzene rings is 3. The van der Waals surface area contributed by atoms with Crippen LogP contribution in [0.2, 0.25) is 0 Å². The second-order valence-corrected chi connectivity index (χ2v) is 10.00. The molecule has 1 fully saturated rings. The number of ether oxygens (including phenoxy) is 1. The average Bonchev–Trinajstić information content (AvgIpc) is 3.16. The number of carbonyl (C=O) groups excluding carboxylic acids is 3. The summed E-state index contributed by atoms with van der Waals surface area (Å²) in [5.74, 6) is -1.78. The number of rotatable bonds is 8. The van der Waals surface area contributed by atoms with Crippen molar-refractivity contribution in [1.82, 2.24) is 4.90 Å². The van der Waals surface area contributed by atoms with Crippen LogP contribution < -0.4 is 10.1 Å². The number of amides is 3. The Morgan fingerprint density at radius 2 is 1.85 bits per heavy atom. The van der Waals surface area contributed by atoms with Crippen LogP contribution in [0.4, 0.5) is 29.3 Å². The van der Waals surface area contributed by atoms with Crippen LogP contribution in [-0.2, 0) is 15.8 Å². The fourth-order valence-electron chi connectivity index (χ4n) is 3.56. The normalized spacial score (nSPS) is 14.5. The molecular weight excluding hydrogens is 571 g/mol. The van der Waals surface area contributed by atoms with Crippen molar-refractivity contribution in [2.24, 2.45) is 0 Å². The summed E-state index contributed by atoms with van der Waals surface area (Å²) in [4.78, 5) is 50.1. The molecule has 0 spiro atoms. The van der Waals surface area contributed by atoms with Gasteiger partial charge in [-0.3, -0.25) is 29.4 Å². The molecule has 1 N–H and O–H groups in total. The Bertz CT molecular complexity index is 1540. The summed E-state index contributed by atoms with van der Waals surface area (Å²) in [5.41, 5.74) is -1.39. The maximum absolute atomic E-state index is 13.0. The largest absolute Gasteiger partial charge is 0.449 e. The first-order chi connectivity index (χ1) is 19.0. The van der Waals surface area contributed by atoms with Gasteiger partial charge in [-0.25, -0.2) is 0 Å². The van der Waals surface area contributed by atoms with Gasteiger partial charge in [0.05, 0.1) is 15.4 Å². The quantitative estimate of drug-likeness (QED) is 0.132. The molecule has 0 aromatic heterocycles. The highest BCUT2D eigenvalue weighted by molar-refractivity contribution is 8.18. The van der Waals surface area contributed by atoms with Crippen molar-refractivity contribution in [3.05, 3.63) is 92.9 Å². The van der Waals surface area contributed by atoms with E-state index in [9.17, 15) is 37.7 Å². The lowest BCUT2D eigenvalue weighted by Gasteiger charge is -2.13. The molecule has 0 unspecified atom stereocenters. The summed E-state index contributed by atoms with van der Waals surface area (Å²) in [7, 11) is 0. The SMILES string of the molecule is CSc1cccc(NC(=O)CN2C(=O)S/C(=C/c3ccccc3Oc3ccc(C(F)(F)F)cc3[N+](=O)[O-])C2=O)c1. The van der Waals surface area contributed by atoms with E-state index in [1.165, 1.54) is 36.0 Å². The number of hydrogen-bond acceptors (Lipinski definition) is 8. The zero-order chi connectivity index (χ0) is 29.0. The predicted molar refractivity (Wildman–Crippen MR) is 144 cm³/mol. The summed E-state index contributed by atoms with van der Waals surface area (Å²) in [6.07, 6.45) is -1.61. The molecule has 1 heterocycles. The van der Waals surface area contributed by atoms with E-state index in [4.69, 9.17) is 4.74 Å². The Hall–Kier alpha value is -4.30. The summed E-state index contributed by atoms with van der Waals surface area (Å²) < 4.78 is 44.7. The van der Waals surface area contributed by atoms with E-state index >= 15 is 0 Å². The van der Waals surface area contributed by atoms with E-state index in [1.807, 2.05) is 12.3 Å². The molecule has 4 rings (SSSR count). The zero-order valence-electron chi connectivity index (χ0n) is 20.4. The van der Waals surface area contributed by atoms with Gasteiger partial charge in [-0.05, 0) is 60.5 Å². The van der Waals surface area contributed by atoms with Crippen LogP contribution in [0.15, 0.2) is 76.5 Å². The highest BCUT2D eigenvalue weighted by Crippen LogP contribution is 2.40. The molecule has 0 atom stereocenters. The molecule has 0 bridgehead atoms. The van der Waals surface area contributed by atoms with Crippen LogP contribution in [0.3, 0.4) is 0 Å². The van der Waals surface area contributed by atoms with Gasteiger partial charge >= 0.3 is 11.9 Å². The van der Waals surface area contributed by atoms with E-state index in [1.54, 1.807) is 24.3 Å². The monoisotopic (exact) mass is 589 g/mol. The zero-order valence-corrected chi connectivity index (χ0v) is 22.1. The maximum atomic E-state index is 13.0. The smallest absolute Gasteiger partial charge is 0.416 e. The number of carbonyl (C=O) groups is 3. The molecule has 1 saturated heterocycles. The number of para-hydroxylation sites is 1. The highest BCUT2D eigenvalue weighted by Gasteiger charge is 2.37. The van der Waals surface area contributed by atoms with Gasteiger partial charge in [0.15, 0.2) is 0 Å². The summed E-state index contributed by atoms with van der Waals surface area (Å²) in [6, 6.07) is 14.9. The van der Waals surface area contributed by atoms with Crippen molar-refractivity contribution in [2.45, 2.75) is 11.1 Å². The number of thioether (sulfide) groups is 2. The van der Waals surface area contributed by atoms with Crippen molar-refractivity contribution in [3.63, 3.8) is 0 Å². The van der Waals surface area contributed by atoms with Gasteiger partial charge in [0.1, 0.15) is 12.3 Å². The number of nitro groups is 1. The summed E-state index contributed by atoms with van der Waals surface area (Å²) >= 11 is 2.07. The van der Waals surface area contributed by atoms with E-state index in [0.29, 0.717) is 29.6 Å². The third-order valence-electron chi connectivity index (χ3n) is 5.44. The first-order valence-corrected chi connectivity index (χ1v) is 13.3. The number of imide groups is 1. The Balaban J connectivity index is 1.54. The van der Waals surface area contributed by atoms with Crippen LogP contribution in [0, 0.1) is 10.1 Å². The molecule has 0 radical (unpaired) electrons. The van der Waals surface area contributed by atoms with E-state index in [-0.39, 0.29) is 16.2 Å². The minimum absolute atomic E-state index is 0.0106. The number of nitrogens with zero attached hydrogens (tertiary/aromatic N) is 2. The lowest BCUT2D eigenvalue weighted by Crippen LogP contribution is -2.36. The molecule has 3 aromatic carbocycles. The van der Waals surface area contributed by atoms with Crippen molar-refractivity contribution < 1.29 is 37.2 Å². The lowest BCUT2D eigenvalue weighted by atomic mass is 10.1. The second-order valence-electron chi connectivity index (χ2n) is 8.13. The minimum atomic E-state index is -4.79. The van der Waals surface area contributed by atoms with Crippen LogP contribution in [-0.4, -0.2) is 39.7 Å². The number of nitrogens with one attached hydrogen (secondary N) is 1. The molecule has 1 aliphatic heterocycles. The number of nitro benzene ring substituents is 1. The molecule has 3 amide bonds. The average molecular weight is 590 g/mol. The van der Waals surface area contributed by atoms with Crippen LogP contribution in [0.5, 0.6) is 11.5 Å². The van der Waals surface area contributed by atoms with E-state index in [2.05, 4.69) is 5.32 Å². The molecule has 0 saturated carbocycles. The molecule has 9 nitrogen and oxygen atoms in total. The van der Waals surface area contributed by atoms with Crippen molar-refractivity contribution in [2.75, 3.05) is 18.1 Å². The number of alkyl halides is 3. The van der Waals surface area contributed by atoms with E-state index < -0.39 is 51.7 Å². The van der Waals surface area contributed by atoms with Gasteiger partial charge in [-0.1, -0.05) is 24.3 Å². The minimum Gasteiger partial charge on any atom is -0.449 e. The first kappa shape index (κ1) is 28.7. The van der Waals surface area contributed by atoms with Gasteiger partial charge in [0, 0.05) is 22.2 Å². The number of hydrogen-bond donors (Lipinski definition) is 1. The number of anilines is 1. The molecule has 1 aliphatic rings. The standard InChI is InChI=1S/C26H18F3N3O6S2/c1-39-18-7-4-6-17(13-18)30-23(33)14-31-24(34)22(40-25(31)35)11-15-5-2-3-8-20(15)38-21-10-9-16(26(27,28)29)12-19(21)32(36)37/h2-13H,14H2,1H3,(H,30,33)/b22-11+. The van der Waals surface area contributed by atoms with Crippen LogP contribution >= 0.6 is 23.5 Å². The third kappa shape index (κ3) is 6.63. The molecule has 0 aliphatic carbocycles. The summed E-state index contributed by atoms with van der Waals surface area (Å²) in [5, 5.41) is 13.4. The van der Waals surface area contributed by atoms with Gasteiger partial charge in [-0.2, -0.15) is 13.2 Å². The molecular formula is C26H18F3N3O6S2. The molecule has 206 valence electrons. The Labute approximate surface area is 233 Å². The van der Waals surface area contributed by atoms with Gasteiger partial charge < -0.3 is 10.1 Å². The molecule has 14 heteroatoms. The highest BCUT2D eigenvalue weighted by atomic mass is 32.2. The number of halogens is 3. The van der Waals surface area contributed by atoms with Crippen molar-refractivity contribution >= 4 is 58.0 Å². The van der Waals surface area contributed by atoms with Crippen molar-refractivity contribution in [3.8, 4) is 11.5 Å². The topological polar surface area (TPSA) is 119 Å². The predicted octanol–water partition coefficient (Wildman–Crippen LogP) is 6.80.